The molecular weight excluding hydrogens is 300 g/mol. The van der Waals surface area contributed by atoms with Gasteiger partial charge in [0.25, 0.3) is 0 Å². The molecule has 0 bridgehead atoms. The molecule has 100 valence electrons. The van der Waals surface area contributed by atoms with Crippen molar-refractivity contribution in [3.63, 3.8) is 0 Å². The van der Waals surface area contributed by atoms with Gasteiger partial charge in [0.1, 0.15) is 5.82 Å². The van der Waals surface area contributed by atoms with E-state index in [1.165, 1.54) is 31.1 Å². The summed E-state index contributed by atoms with van der Waals surface area (Å²) in [6.45, 7) is 1.10. The third-order valence-electron chi connectivity index (χ3n) is 3.93. The number of fused-ring (bicyclic) bond motifs is 1. The molecule has 1 fully saturated rings. The number of hydrogen-bond acceptors (Lipinski definition) is 2. The molecule has 0 amide bonds. The fourth-order valence-electron chi connectivity index (χ4n) is 2.63. The lowest BCUT2D eigenvalue weighted by molar-refractivity contribution is 0.384. The van der Waals surface area contributed by atoms with E-state index in [1.807, 2.05) is 0 Å². The summed E-state index contributed by atoms with van der Waals surface area (Å²) in [7, 11) is 0. The predicted octanol–water partition coefficient (Wildman–Crippen LogP) is 4.38. The van der Waals surface area contributed by atoms with Crippen LogP contribution in [0.2, 0.25) is 0 Å². The van der Waals surface area contributed by atoms with Gasteiger partial charge in [-0.25, -0.2) is 4.98 Å². The molecule has 0 N–H and O–H groups in total. The Kier molecular flexibility index (Phi) is 4.02. The van der Waals surface area contributed by atoms with Crippen LogP contribution >= 0.6 is 15.9 Å². The van der Waals surface area contributed by atoms with E-state index in [1.54, 1.807) is 0 Å². The van der Waals surface area contributed by atoms with Crippen molar-refractivity contribution in [1.82, 2.24) is 4.98 Å². The number of benzene rings is 1. The molecule has 0 aliphatic heterocycles. The standard InChI is InChI=1S/C16H19BrN2/c17-11-4-12-19(14-6-3-7-14)16-10-9-13-5-1-2-8-15(13)18-16/h1-2,5,8-10,14H,3-4,6-7,11-12H2. The highest BCUT2D eigenvalue weighted by atomic mass is 79.9. The maximum atomic E-state index is 4.84. The summed E-state index contributed by atoms with van der Waals surface area (Å²) in [5, 5.41) is 2.28. The van der Waals surface area contributed by atoms with Crippen LogP contribution in [0.3, 0.4) is 0 Å². The molecule has 2 aromatic rings. The van der Waals surface area contributed by atoms with Gasteiger partial charge >= 0.3 is 0 Å². The summed E-state index contributed by atoms with van der Waals surface area (Å²) in [6, 6.07) is 13.4. The average Bonchev–Trinajstić information content (AvgIpc) is 2.40. The Balaban J connectivity index is 1.89. The van der Waals surface area contributed by atoms with Crippen LogP contribution in [-0.2, 0) is 0 Å². The fourth-order valence-corrected chi connectivity index (χ4v) is 2.88. The summed E-state index contributed by atoms with van der Waals surface area (Å²) >= 11 is 3.53. The second-order valence-electron chi connectivity index (χ2n) is 5.18. The van der Waals surface area contributed by atoms with Crippen molar-refractivity contribution in [1.29, 1.82) is 0 Å². The van der Waals surface area contributed by atoms with E-state index in [-0.39, 0.29) is 0 Å². The van der Waals surface area contributed by atoms with Gasteiger partial charge in [-0.2, -0.15) is 0 Å². The molecule has 3 heteroatoms. The largest absolute Gasteiger partial charge is 0.354 e. The first-order valence-corrected chi connectivity index (χ1v) is 8.19. The number of aromatic nitrogens is 1. The third-order valence-corrected chi connectivity index (χ3v) is 4.49. The minimum atomic E-state index is 0.702. The Morgan fingerprint density at radius 2 is 2.00 bits per heavy atom. The summed E-state index contributed by atoms with van der Waals surface area (Å²) in [6.07, 6.45) is 5.17. The van der Waals surface area contributed by atoms with Crippen LogP contribution < -0.4 is 4.90 Å². The molecule has 0 spiro atoms. The van der Waals surface area contributed by atoms with Crippen molar-refractivity contribution in [3.05, 3.63) is 36.4 Å². The number of hydrogen-bond donors (Lipinski definition) is 0. The number of pyridine rings is 1. The smallest absolute Gasteiger partial charge is 0.129 e. The zero-order valence-electron chi connectivity index (χ0n) is 11.1. The van der Waals surface area contributed by atoms with Crippen LogP contribution in [0, 0.1) is 0 Å². The number of para-hydroxylation sites is 1. The molecule has 2 nitrogen and oxygen atoms in total. The molecular formula is C16H19BrN2. The fraction of sp³-hybridized carbons (Fsp3) is 0.438. The van der Waals surface area contributed by atoms with E-state index in [9.17, 15) is 0 Å². The Morgan fingerprint density at radius 1 is 1.16 bits per heavy atom. The van der Waals surface area contributed by atoms with E-state index >= 15 is 0 Å². The van der Waals surface area contributed by atoms with Crippen molar-refractivity contribution >= 4 is 32.7 Å². The zero-order chi connectivity index (χ0) is 13.1. The highest BCUT2D eigenvalue weighted by Crippen LogP contribution is 2.29. The van der Waals surface area contributed by atoms with Crippen LogP contribution in [0.15, 0.2) is 36.4 Å². The molecule has 1 aliphatic carbocycles. The highest BCUT2D eigenvalue weighted by Gasteiger charge is 2.25. The average molecular weight is 319 g/mol. The van der Waals surface area contributed by atoms with E-state index in [2.05, 4.69) is 57.2 Å². The van der Waals surface area contributed by atoms with Gasteiger partial charge in [-0.05, 0) is 43.9 Å². The summed E-state index contributed by atoms with van der Waals surface area (Å²) in [4.78, 5) is 7.34. The molecule has 19 heavy (non-hydrogen) atoms. The third kappa shape index (κ3) is 2.76. The van der Waals surface area contributed by atoms with Crippen molar-refractivity contribution in [2.24, 2.45) is 0 Å². The maximum Gasteiger partial charge on any atom is 0.129 e. The lowest BCUT2D eigenvalue weighted by Crippen LogP contribution is -2.41. The van der Waals surface area contributed by atoms with Crippen LogP contribution in [0.1, 0.15) is 25.7 Å². The Morgan fingerprint density at radius 3 is 2.74 bits per heavy atom. The lowest BCUT2D eigenvalue weighted by Gasteiger charge is -2.38. The number of halogens is 1. The summed E-state index contributed by atoms with van der Waals surface area (Å²) in [5.74, 6) is 1.14. The van der Waals surface area contributed by atoms with E-state index < -0.39 is 0 Å². The predicted molar refractivity (Wildman–Crippen MR) is 85.1 cm³/mol. The zero-order valence-corrected chi connectivity index (χ0v) is 12.6. The SMILES string of the molecule is BrCCCN(c1ccc2ccccc2n1)C1CCC1. The molecule has 1 aromatic heterocycles. The molecule has 1 saturated carbocycles. The number of rotatable bonds is 5. The second kappa shape index (κ2) is 5.91. The lowest BCUT2D eigenvalue weighted by atomic mass is 9.91. The van der Waals surface area contributed by atoms with Crippen LogP contribution in [0.4, 0.5) is 5.82 Å². The minimum Gasteiger partial charge on any atom is -0.354 e. The molecule has 0 radical (unpaired) electrons. The second-order valence-corrected chi connectivity index (χ2v) is 5.98. The first-order chi connectivity index (χ1) is 9.38. The molecule has 0 saturated heterocycles. The molecule has 3 rings (SSSR count). The van der Waals surface area contributed by atoms with Gasteiger partial charge in [-0.15, -0.1) is 0 Å². The van der Waals surface area contributed by atoms with Crippen LogP contribution in [-0.4, -0.2) is 22.9 Å². The van der Waals surface area contributed by atoms with Gasteiger partial charge < -0.3 is 4.90 Å². The van der Waals surface area contributed by atoms with Crippen molar-refractivity contribution in [2.75, 3.05) is 16.8 Å². The monoisotopic (exact) mass is 318 g/mol. The van der Waals surface area contributed by atoms with E-state index in [0.717, 1.165) is 23.2 Å². The molecule has 1 heterocycles. The normalized spacial score (nSPS) is 15.4. The van der Waals surface area contributed by atoms with Gasteiger partial charge in [-0.3, -0.25) is 0 Å². The first-order valence-electron chi connectivity index (χ1n) is 7.07. The molecule has 0 unspecified atom stereocenters. The topological polar surface area (TPSA) is 16.1 Å². The maximum absolute atomic E-state index is 4.84. The van der Waals surface area contributed by atoms with Gasteiger partial charge in [-0.1, -0.05) is 34.1 Å². The number of alkyl halides is 1. The quantitative estimate of drug-likeness (QED) is 0.760. The summed E-state index contributed by atoms with van der Waals surface area (Å²) < 4.78 is 0. The van der Waals surface area contributed by atoms with E-state index in [4.69, 9.17) is 4.98 Å². The number of anilines is 1. The van der Waals surface area contributed by atoms with E-state index in [0.29, 0.717) is 6.04 Å². The summed E-state index contributed by atoms with van der Waals surface area (Å²) in [5.41, 5.74) is 1.10. The Bertz CT molecular complexity index is 551. The van der Waals surface area contributed by atoms with Gasteiger partial charge in [0.05, 0.1) is 5.52 Å². The first kappa shape index (κ1) is 12.9. The van der Waals surface area contributed by atoms with Gasteiger partial charge in [0, 0.05) is 23.3 Å². The molecule has 1 aromatic carbocycles. The molecule has 1 aliphatic rings. The van der Waals surface area contributed by atoms with Gasteiger partial charge in [0.2, 0.25) is 0 Å². The highest BCUT2D eigenvalue weighted by molar-refractivity contribution is 9.09. The van der Waals surface area contributed by atoms with Crippen LogP contribution in [0.5, 0.6) is 0 Å². The van der Waals surface area contributed by atoms with Crippen molar-refractivity contribution < 1.29 is 0 Å². The number of nitrogens with zero attached hydrogens (tertiary/aromatic N) is 2. The molecule has 0 atom stereocenters. The Labute approximate surface area is 123 Å². The van der Waals surface area contributed by atoms with Gasteiger partial charge in [0.15, 0.2) is 0 Å². The van der Waals surface area contributed by atoms with Crippen molar-refractivity contribution in [3.8, 4) is 0 Å². The van der Waals surface area contributed by atoms with Crippen LogP contribution in [0.25, 0.3) is 10.9 Å². The van der Waals surface area contributed by atoms with Crippen molar-refractivity contribution in [2.45, 2.75) is 31.7 Å². The minimum absolute atomic E-state index is 0.702. The Hall–Kier alpha value is -1.09.